The molecule has 0 radical (unpaired) electrons. The minimum atomic E-state index is 0.103. The van der Waals surface area contributed by atoms with E-state index in [2.05, 4.69) is 0 Å². The summed E-state index contributed by atoms with van der Waals surface area (Å²) in [6, 6.07) is 0.103. The molecule has 0 aromatic heterocycles. The van der Waals surface area contributed by atoms with Crippen LogP contribution < -0.4 is 10.5 Å². The Morgan fingerprint density at radius 3 is 2.19 bits per heavy atom. The van der Waals surface area contributed by atoms with Crippen LogP contribution in [-0.4, -0.2) is 13.2 Å². The number of ether oxygens (including phenoxy) is 1. The predicted octanol–water partition coefficient (Wildman–Crippen LogP) is 3.16. The van der Waals surface area contributed by atoms with Gasteiger partial charge in [0.2, 0.25) is 0 Å². The highest BCUT2D eigenvalue weighted by Gasteiger charge is 2.17. The molecule has 1 atom stereocenters. The fraction of sp³-hybridized carbons (Fsp3) is 0.538. The number of halogens is 1. The van der Waals surface area contributed by atoms with Crippen LogP contribution in [0.2, 0.25) is 5.02 Å². The molecule has 0 fully saturated rings. The first-order valence-corrected chi connectivity index (χ1v) is 5.85. The summed E-state index contributed by atoms with van der Waals surface area (Å²) in [5, 5.41) is 0.828. The van der Waals surface area contributed by atoms with Crippen LogP contribution in [0.15, 0.2) is 0 Å². The maximum absolute atomic E-state index is 6.30. The Kier molecular flexibility index (Phi) is 4.22. The SMILES string of the molecule is COc1c(C)c(C)c(Cl)c(C)c1CC(C)N. The molecule has 0 saturated carbocycles. The highest BCUT2D eigenvalue weighted by molar-refractivity contribution is 6.32. The van der Waals surface area contributed by atoms with Crippen LogP contribution in [0.5, 0.6) is 5.75 Å². The summed E-state index contributed by atoms with van der Waals surface area (Å²) in [6.07, 6.45) is 0.788. The lowest BCUT2D eigenvalue weighted by atomic mass is 9.95. The molecule has 0 aliphatic carbocycles. The van der Waals surface area contributed by atoms with Crippen LogP contribution in [0.25, 0.3) is 0 Å². The molecule has 0 heterocycles. The van der Waals surface area contributed by atoms with E-state index in [1.165, 1.54) is 0 Å². The van der Waals surface area contributed by atoms with E-state index in [1.807, 2.05) is 27.7 Å². The van der Waals surface area contributed by atoms with Crippen molar-refractivity contribution in [2.75, 3.05) is 7.11 Å². The molecule has 0 aliphatic heterocycles. The molecule has 3 heteroatoms. The van der Waals surface area contributed by atoms with E-state index in [0.717, 1.165) is 39.4 Å². The lowest BCUT2D eigenvalue weighted by Gasteiger charge is -2.19. The van der Waals surface area contributed by atoms with Gasteiger partial charge in [0.1, 0.15) is 5.75 Å². The number of benzene rings is 1. The van der Waals surface area contributed by atoms with E-state index in [4.69, 9.17) is 22.1 Å². The number of hydrogen-bond donors (Lipinski definition) is 1. The monoisotopic (exact) mass is 241 g/mol. The maximum Gasteiger partial charge on any atom is 0.125 e. The second-order valence-electron chi connectivity index (χ2n) is 4.38. The largest absolute Gasteiger partial charge is 0.496 e. The van der Waals surface area contributed by atoms with Gasteiger partial charge in [0.25, 0.3) is 0 Å². The average Bonchev–Trinajstić information content (AvgIpc) is 2.23. The number of nitrogens with two attached hydrogens (primary N) is 1. The van der Waals surface area contributed by atoms with E-state index >= 15 is 0 Å². The fourth-order valence-electron chi connectivity index (χ4n) is 1.99. The zero-order chi connectivity index (χ0) is 12.5. The Bertz CT molecular complexity index is 400. The fourth-order valence-corrected chi connectivity index (χ4v) is 2.25. The van der Waals surface area contributed by atoms with Gasteiger partial charge in [0.05, 0.1) is 7.11 Å². The van der Waals surface area contributed by atoms with Gasteiger partial charge in [-0.2, -0.15) is 0 Å². The van der Waals surface area contributed by atoms with Crippen LogP contribution in [0.1, 0.15) is 29.2 Å². The van der Waals surface area contributed by atoms with Crippen molar-refractivity contribution in [3.63, 3.8) is 0 Å². The molecule has 0 bridgehead atoms. The summed E-state index contributed by atoms with van der Waals surface area (Å²) in [6.45, 7) is 8.06. The minimum Gasteiger partial charge on any atom is -0.496 e. The molecule has 0 aliphatic rings. The van der Waals surface area contributed by atoms with Gasteiger partial charge in [0.15, 0.2) is 0 Å². The highest BCUT2D eigenvalue weighted by atomic mass is 35.5. The molecular formula is C13H20ClNO. The van der Waals surface area contributed by atoms with Crippen molar-refractivity contribution in [3.8, 4) is 5.75 Å². The lowest BCUT2D eigenvalue weighted by Crippen LogP contribution is -2.19. The van der Waals surface area contributed by atoms with E-state index < -0.39 is 0 Å². The Morgan fingerprint density at radius 1 is 1.19 bits per heavy atom. The standard InChI is InChI=1S/C13H20ClNO/c1-7(15)6-11-10(4)12(14)8(2)9(3)13(11)16-5/h7H,6,15H2,1-5H3. The number of hydrogen-bond acceptors (Lipinski definition) is 2. The first kappa shape index (κ1) is 13.3. The summed E-state index contributed by atoms with van der Waals surface area (Å²) in [5.41, 5.74) is 10.3. The highest BCUT2D eigenvalue weighted by Crippen LogP contribution is 2.36. The molecular weight excluding hydrogens is 222 g/mol. The van der Waals surface area contributed by atoms with Crippen molar-refractivity contribution in [3.05, 3.63) is 27.3 Å². The minimum absolute atomic E-state index is 0.103. The van der Waals surface area contributed by atoms with Gasteiger partial charge < -0.3 is 10.5 Å². The van der Waals surface area contributed by atoms with E-state index in [9.17, 15) is 0 Å². The summed E-state index contributed by atoms with van der Waals surface area (Å²) in [7, 11) is 1.69. The Labute approximate surface area is 103 Å². The summed E-state index contributed by atoms with van der Waals surface area (Å²) < 4.78 is 5.48. The molecule has 1 rings (SSSR count). The Hall–Kier alpha value is -0.730. The molecule has 1 aromatic carbocycles. The van der Waals surface area contributed by atoms with Gasteiger partial charge >= 0.3 is 0 Å². The Morgan fingerprint density at radius 2 is 1.75 bits per heavy atom. The van der Waals surface area contributed by atoms with Crippen molar-refractivity contribution in [1.82, 2.24) is 0 Å². The third kappa shape index (κ3) is 2.33. The van der Waals surface area contributed by atoms with Crippen LogP contribution in [0.3, 0.4) is 0 Å². The summed E-state index contributed by atoms with van der Waals surface area (Å²) in [4.78, 5) is 0. The molecule has 0 amide bonds. The van der Waals surface area contributed by atoms with E-state index in [-0.39, 0.29) is 6.04 Å². The van der Waals surface area contributed by atoms with Crippen LogP contribution in [0.4, 0.5) is 0 Å². The lowest BCUT2D eigenvalue weighted by molar-refractivity contribution is 0.404. The van der Waals surface area contributed by atoms with Crippen LogP contribution in [-0.2, 0) is 6.42 Å². The molecule has 90 valence electrons. The van der Waals surface area contributed by atoms with Gasteiger partial charge in [-0.05, 0) is 50.8 Å². The van der Waals surface area contributed by atoms with Crippen molar-refractivity contribution in [2.24, 2.45) is 5.73 Å². The average molecular weight is 242 g/mol. The van der Waals surface area contributed by atoms with Crippen molar-refractivity contribution in [1.29, 1.82) is 0 Å². The quantitative estimate of drug-likeness (QED) is 0.882. The zero-order valence-corrected chi connectivity index (χ0v) is 11.4. The van der Waals surface area contributed by atoms with Gasteiger partial charge in [0, 0.05) is 16.6 Å². The van der Waals surface area contributed by atoms with Crippen LogP contribution >= 0.6 is 11.6 Å². The number of methoxy groups -OCH3 is 1. The maximum atomic E-state index is 6.30. The number of rotatable bonds is 3. The van der Waals surface area contributed by atoms with Crippen molar-refractivity contribution >= 4 is 11.6 Å². The van der Waals surface area contributed by atoms with Gasteiger partial charge in [-0.1, -0.05) is 11.6 Å². The third-order valence-electron chi connectivity index (χ3n) is 3.02. The molecule has 2 nitrogen and oxygen atoms in total. The third-order valence-corrected chi connectivity index (χ3v) is 3.59. The summed E-state index contributed by atoms with van der Waals surface area (Å²) in [5.74, 6) is 0.928. The van der Waals surface area contributed by atoms with Gasteiger partial charge in [-0.15, -0.1) is 0 Å². The molecule has 1 unspecified atom stereocenters. The molecule has 0 spiro atoms. The van der Waals surface area contributed by atoms with Gasteiger partial charge in [-0.3, -0.25) is 0 Å². The normalized spacial score (nSPS) is 12.7. The smallest absolute Gasteiger partial charge is 0.125 e. The Balaban J connectivity index is 3.44. The van der Waals surface area contributed by atoms with Crippen molar-refractivity contribution in [2.45, 2.75) is 40.2 Å². The van der Waals surface area contributed by atoms with E-state index in [1.54, 1.807) is 7.11 Å². The second kappa shape index (κ2) is 5.07. The first-order valence-electron chi connectivity index (χ1n) is 5.47. The van der Waals surface area contributed by atoms with Crippen molar-refractivity contribution < 1.29 is 4.74 Å². The van der Waals surface area contributed by atoms with Gasteiger partial charge in [-0.25, -0.2) is 0 Å². The van der Waals surface area contributed by atoms with Crippen LogP contribution in [0, 0.1) is 20.8 Å². The second-order valence-corrected chi connectivity index (χ2v) is 4.76. The topological polar surface area (TPSA) is 35.2 Å². The molecule has 0 saturated heterocycles. The summed E-state index contributed by atoms with van der Waals surface area (Å²) >= 11 is 6.30. The zero-order valence-electron chi connectivity index (χ0n) is 10.6. The first-order chi connectivity index (χ1) is 7.40. The molecule has 1 aromatic rings. The molecule has 2 N–H and O–H groups in total. The predicted molar refractivity (Wildman–Crippen MR) is 69.6 cm³/mol. The van der Waals surface area contributed by atoms with E-state index in [0.29, 0.717) is 0 Å². The molecule has 16 heavy (non-hydrogen) atoms.